The number of nitrogens with one attached hydrogen (secondary N) is 1. The fourth-order valence-electron chi connectivity index (χ4n) is 3.04. The van der Waals surface area contributed by atoms with Crippen LogP contribution in [-0.2, 0) is 9.59 Å². The second-order valence-electron chi connectivity index (χ2n) is 6.89. The van der Waals surface area contributed by atoms with Crippen LogP contribution in [0.25, 0.3) is 11.8 Å². The summed E-state index contributed by atoms with van der Waals surface area (Å²) >= 11 is 6.05. The molecule has 0 fully saturated rings. The van der Waals surface area contributed by atoms with Crippen LogP contribution in [0.3, 0.4) is 0 Å². The molecule has 1 N–H and O–H groups in total. The Hall–Kier alpha value is -3.38. The summed E-state index contributed by atoms with van der Waals surface area (Å²) in [6, 6.07) is 16.8. The number of anilines is 1. The van der Waals surface area contributed by atoms with Gasteiger partial charge in [0.2, 0.25) is 11.8 Å². The maximum atomic E-state index is 12.5. The highest BCUT2D eigenvalue weighted by atomic mass is 35.5. The summed E-state index contributed by atoms with van der Waals surface area (Å²) in [5.41, 5.74) is 4.10. The third kappa shape index (κ3) is 4.96. The van der Waals surface area contributed by atoms with E-state index in [4.69, 9.17) is 11.6 Å². The second-order valence-corrected chi connectivity index (χ2v) is 7.29. The van der Waals surface area contributed by atoms with Crippen molar-refractivity contribution in [3.05, 3.63) is 82.6 Å². The predicted molar refractivity (Wildman–Crippen MR) is 120 cm³/mol. The molecule has 0 aliphatic carbocycles. The molecule has 0 saturated carbocycles. The van der Waals surface area contributed by atoms with Gasteiger partial charge in [-0.3, -0.25) is 9.59 Å². The van der Waals surface area contributed by atoms with Gasteiger partial charge >= 0.3 is 0 Å². The highest BCUT2D eigenvalue weighted by Crippen LogP contribution is 2.21. The monoisotopic (exact) mass is 422 g/mol. The quantitative estimate of drug-likeness (QED) is 0.604. The Morgan fingerprint density at radius 2 is 1.77 bits per heavy atom. The first kappa shape index (κ1) is 21.3. The average molecular weight is 423 g/mol. The van der Waals surface area contributed by atoms with Gasteiger partial charge in [0.15, 0.2) is 0 Å². The lowest BCUT2D eigenvalue weighted by Gasteiger charge is -2.15. The third-order valence-corrected chi connectivity index (χ3v) is 4.98. The minimum absolute atomic E-state index is 0.0877. The summed E-state index contributed by atoms with van der Waals surface area (Å²) < 4.78 is 1.85. The van der Waals surface area contributed by atoms with Crippen molar-refractivity contribution < 1.29 is 9.59 Å². The van der Waals surface area contributed by atoms with Gasteiger partial charge in [0.25, 0.3) is 0 Å². The lowest BCUT2D eigenvalue weighted by atomic mass is 10.2. The second kappa shape index (κ2) is 9.41. The van der Waals surface area contributed by atoms with Gasteiger partial charge in [-0.05, 0) is 44.2 Å². The van der Waals surface area contributed by atoms with E-state index in [0.717, 1.165) is 22.6 Å². The van der Waals surface area contributed by atoms with Crippen molar-refractivity contribution in [1.82, 2.24) is 14.7 Å². The molecule has 2 amide bonds. The number of hydrogen-bond acceptors (Lipinski definition) is 3. The molecule has 6 nitrogen and oxygen atoms in total. The minimum Gasteiger partial charge on any atom is -0.333 e. The molecule has 0 saturated heterocycles. The van der Waals surface area contributed by atoms with Gasteiger partial charge in [0.1, 0.15) is 0 Å². The van der Waals surface area contributed by atoms with E-state index in [1.165, 1.54) is 11.0 Å². The minimum atomic E-state index is -0.323. The summed E-state index contributed by atoms with van der Waals surface area (Å²) in [6.45, 7) is 3.77. The summed E-state index contributed by atoms with van der Waals surface area (Å²) in [6.07, 6.45) is 3.19. The van der Waals surface area contributed by atoms with Crippen LogP contribution < -0.4 is 5.32 Å². The molecule has 1 heterocycles. The molecular formula is C23H23ClN4O2. The molecule has 0 atom stereocenters. The molecule has 0 aliphatic heterocycles. The van der Waals surface area contributed by atoms with E-state index in [1.54, 1.807) is 37.4 Å². The Balaban J connectivity index is 1.66. The van der Waals surface area contributed by atoms with Gasteiger partial charge in [-0.1, -0.05) is 41.9 Å². The van der Waals surface area contributed by atoms with E-state index in [-0.39, 0.29) is 18.4 Å². The molecule has 2 aromatic carbocycles. The van der Waals surface area contributed by atoms with Crippen molar-refractivity contribution in [2.75, 3.05) is 18.9 Å². The van der Waals surface area contributed by atoms with Gasteiger partial charge in [-0.25, -0.2) is 4.68 Å². The number of nitrogens with zero attached hydrogens (tertiary/aromatic N) is 3. The zero-order valence-corrected chi connectivity index (χ0v) is 17.8. The first-order chi connectivity index (χ1) is 14.4. The summed E-state index contributed by atoms with van der Waals surface area (Å²) in [5.74, 6) is -0.604. The Labute approximate surface area is 180 Å². The highest BCUT2D eigenvalue weighted by Gasteiger charge is 2.14. The van der Waals surface area contributed by atoms with Crippen LogP contribution in [0.15, 0.2) is 60.7 Å². The maximum Gasteiger partial charge on any atom is 0.246 e. The normalized spacial score (nSPS) is 10.9. The van der Waals surface area contributed by atoms with E-state index < -0.39 is 0 Å². The van der Waals surface area contributed by atoms with Crippen LogP contribution in [0.5, 0.6) is 0 Å². The van der Waals surface area contributed by atoms with E-state index in [0.29, 0.717) is 10.7 Å². The zero-order valence-electron chi connectivity index (χ0n) is 17.1. The van der Waals surface area contributed by atoms with Crippen LogP contribution in [0, 0.1) is 13.8 Å². The SMILES string of the molecule is Cc1nn(-c2ccccc2)c(C)c1/C=C/C(=O)N(C)CC(=O)Nc1ccccc1Cl. The molecule has 0 spiro atoms. The van der Waals surface area contributed by atoms with E-state index in [1.807, 2.05) is 48.9 Å². The number of benzene rings is 2. The topological polar surface area (TPSA) is 67.2 Å². The predicted octanol–water partition coefficient (Wildman–Crippen LogP) is 4.25. The lowest BCUT2D eigenvalue weighted by molar-refractivity contribution is -0.129. The number of aryl methyl sites for hydroxylation is 1. The molecule has 1 aromatic heterocycles. The fourth-order valence-corrected chi connectivity index (χ4v) is 3.23. The molecule has 7 heteroatoms. The van der Waals surface area contributed by atoms with Gasteiger partial charge in [-0.2, -0.15) is 5.10 Å². The van der Waals surface area contributed by atoms with Crippen molar-refractivity contribution in [3.8, 4) is 5.69 Å². The van der Waals surface area contributed by atoms with Gasteiger partial charge in [-0.15, -0.1) is 0 Å². The van der Waals surface area contributed by atoms with Crippen molar-refractivity contribution in [2.24, 2.45) is 0 Å². The van der Waals surface area contributed by atoms with Crippen molar-refractivity contribution in [3.63, 3.8) is 0 Å². The molecule has 3 rings (SSSR count). The van der Waals surface area contributed by atoms with Crippen LogP contribution in [0.2, 0.25) is 5.02 Å². The molecular weight excluding hydrogens is 400 g/mol. The van der Waals surface area contributed by atoms with Gasteiger partial charge in [0.05, 0.1) is 28.6 Å². The van der Waals surface area contributed by atoms with Crippen LogP contribution in [0.1, 0.15) is 17.0 Å². The largest absolute Gasteiger partial charge is 0.333 e. The number of likely N-dealkylation sites (N-methyl/N-ethyl adjacent to an activating group) is 1. The van der Waals surface area contributed by atoms with E-state index >= 15 is 0 Å². The number of para-hydroxylation sites is 2. The van der Waals surface area contributed by atoms with Crippen LogP contribution in [-0.4, -0.2) is 40.1 Å². The van der Waals surface area contributed by atoms with Gasteiger partial charge in [0, 0.05) is 24.4 Å². The summed E-state index contributed by atoms with van der Waals surface area (Å²) in [5, 5.41) is 7.72. The van der Waals surface area contributed by atoms with Gasteiger partial charge < -0.3 is 10.2 Å². The number of carbonyl (C=O) groups excluding carboxylic acids is 2. The first-order valence-corrected chi connectivity index (χ1v) is 9.84. The molecule has 3 aromatic rings. The average Bonchev–Trinajstić information content (AvgIpc) is 3.02. The number of amides is 2. The number of aromatic nitrogens is 2. The Morgan fingerprint density at radius 3 is 2.47 bits per heavy atom. The third-order valence-electron chi connectivity index (χ3n) is 4.65. The summed E-state index contributed by atoms with van der Waals surface area (Å²) in [4.78, 5) is 26.0. The summed E-state index contributed by atoms with van der Waals surface area (Å²) in [7, 11) is 1.58. The van der Waals surface area contributed by atoms with E-state index in [9.17, 15) is 9.59 Å². The number of hydrogen-bond donors (Lipinski definition) is 1. The fraction of sp³-hybridized carbons (Fsp3) is 0.174. The highest BCUT2D eigenvalue weighted by molar-refractivity contribution is 6.33. The smallest absolute Gasteiger partial charge is 0.246 e. The van der Waals surface area contributed by atoms with Crippen molar-refractivity contribution >= 4 is 35.2 Å². The number of carbonyl (C=O) groups is 2. The Morgan fingerprint density at radius 1 is 1.10 bits per heavy atom. The Bertz CT molecular complexity index is 1090. The lowest BCUT2D eigenvalue weighted by Crippen LogP contribution is -2.33. The van der Waals surface area contributed by atoms with Crippen molar-refractivity contribution in [2.45, 2.75) is 13.8 Å². The molecule has 30 heavy (non-hydrogen) atoms. The standard InChI is InChI=1S/C23H23ClN4O2/c1-16-19(17(2)28(26-16)18-9-5-4-6-10-18)13-14-23(30)27(3)15-22(29)25-21-12-8-7-11-20(21)24/h4-14H,15H2,1-3H3,(H,25,29)/b14-13+. The van der Waals surface area contributed by atoms with Crippen LogP contribution >= 0.6 is 11.6 Å². The van der Waals surface area contributed by atoms with Crippen molar-refractivity contribution in [1.29, 1.82) is 0 Å². The van der Waals surface area contributed by atoms with Crippen LogP contribution in [0.4, 0.5) is 5.69 Å². The maximum absolute atomic E-state index is 12.5. The Kier molecular flexibility index (Phi) is 6.69. The van der Waals surface area contributed by atoms with E-state index in [2.05, 4.69) is 10.4 Å². The number of halogens is 1. The molecule has 0 aliphatic rings. The molecule has 0 unspecified atom stereocenters. The zero-order chi connectivity index (χ0) is 21.7. The first-order valence-electron chi connectivity index (χ1n) is 9.46. The molecule has 154 valence electrons. The molecule has 0 radical (unpaired) electrons. The number of rotatable bonds is 6. The molecule has 0 bridgehead atoms.